The van der Waals surface area contributed by atoms with Crippen LogP contribution in [0.4, 0.5) is 24.8 Å². The second kappa shape index (κ2) is 7.06. The summed E-state index contributed by atoms with van der Waals surface area (Å²) in [4.78, 5) is 11.9. The fourth-order valence-corrected chi connectivity index (χ4v) is 4.10. The maximum Gasteiger partial charge on any atom is 0.433 e. The summed E-state index contributed by atoms with van der Waals surface area (Å²) in [5, 5.41) is 12.7. The van der Waals surface area contributed by atoms with Crippen molar-refractivity contribution < 1.29 is 13.2 Å². The third kappa shape index (κ3) is 3.52. The van der Waals surface area contributed by atoms with Gasteiger partial charge in [0.15, 0.2) is 11.5 Å². The van der Waals surface area contributed by atoms with E-state index in [1.807, 2.05) is 19.1 Å². The van der Waals surface area contributed by atoms with E-state index in [0.717, 1.165) is 62.8 Å². The van der Waals surface area contributed by atoms with Crippen LogP contribution in [0.25, 0.3) is 5.65 Å². The molecule has 1 aliphatic heterocycles. The molecule has 158 valence electrons. The first-order valence-corrected chi connectivity index (χ1v) is 10.0. The molecule has 3 aromatic heterocycles. The summed E-state index contributed by atoms with van der Waals surface area (Å²) >= 11 is 0. The molecule has 2 fully saturated rings. The Kier molecular flexibility index (Phi) is 4.48. The van der Waals surface area contributed by atoms with Gasteiger partial charge in [0.2, 0.25) is 0 Å². The minimum Gasteiger partial charge on any atom is -0.355 e. The average Bonchev–Trinajstić information content (AvgIpc) is 3.51. The number of rotatable bonds is 4. The van der Waals surface area contributed by atoms with E-state index in [-0.39, 0.29) is 12.1 Å². The quantitative estimate of drug-likeness (QED) is 0.645. The molecule has 8 nitrogen and oxygen atoms in total. The molecular formula is C19H21F3N8. The fourth-order valence-electron chi connectivity index (χ4n) is 4.10. The highest BCUT2D eigenvalue weighted by atomic mass is 19.4. The molecule has 0 bridgehead atoms. The zero-order chi connectivity index (χ0) is 20.9. The van der Waals surface area contributed by atoms with Crippen LogP contribution in [-0.2, 0) is 6.18 Å². The number of fused-ring (bicyclic) bond motifs is 1. The largest absolute Gasteiger partial charge is 0.433 e. The maximum absolute atomic E-state index is 13.1. The van der Waals surface area contributed by atoms with Crippen molar-refractivity contribution in [3.63, 3.8) is 0 Å². The molecule has 30 heavy (non-hydrogen) atoms. The molecule has 0 atom stereocenters. The molecule has 3 aromatic rings. The van der Waals surface area contributed by atoms with Crippen LogP contribution in [0.1, 0.15) is 37.2 Å². The molecule has 0 aromatic carbocycles. The van der Waals surface area contributed by atoms with Gasteiger partial charge in [0.1, 0.15) is 23.7 Å². The lowest BCUT2D eigenvalue weighted by molar-refractivity contribution is -0.141. The summed E-state index contributed by atoms with van der Waals surface area (Å²) in [5.41, 5.74) is -0.187. The monoisotopic (exact) mass is 418 g/mol. The Balaban J connectivity index is 1.33. The number of nitrogens with zero attached hydrogens (tertiary/aromatic N) is 8. The van der Waals surface area contributed by atoms with E-state index in [1.165, 1.54) is 0 Å². The van der Waals surface area contributed by atoms with Gasteiger partial charge >= 0.3 is 6.18 Å². The molecule has 0 amide bonds. The number of alkyl halides is 3. The SMILES string of the molecule is Cc1nnc2ccc(N3CCC(N(c4cc(C(F)(F)F)ncn4)C4CC4)CC3)nn12. The fraction of sp³-hybridized carbons (Fsp3) is 0.526. The highest BCUT2D eigenvalue weighted by Crippen LogP contribution is 2.37. The van der Waals surface area contributed by atoms with Crippen LogP contribution in [0, 0.1) is 6.92 Å². The molecule has 5 rings (SSSR count). The number of aromatic nitrogens is 6. The van der Waals surface area contributed by atoms with Crippen molar-refractivity contribution in [2.45, 2.75) is 50.9 Å². The number of hydrogen-bond acceptors (Lipinski definition) is 7. The lowest BCUT2D eigenvalue weighted by atomic mass is 10.0. The molecule has 2 aliphatic rings. The smallest absolute Gasteiger partial charge is 0.355 e. The van der Waals surface area contributed by atoms with Gasteiger partial charge in [-0.15, -0.1) is 15.3 Å². The van der Waals surface area contributed by atoms with Crippen molar-refractivity contribution in [2.75, 3.05) is 22.9 Å². The highest BCUT2D eigenvalue weighted by molar-refractivity contribution is 5.48. The lowest BCUT2D eigenvalue weighted by Gasteiger charge is -2.39. The molecular weight excluding hydrogens is 397 g/mol. The van der Waals surface area contributed by atoms with Gasteiger partial charge < -0.3 is 9.80 Å². The Labute approximate surface area is 170 Å². The minimum absolute atomic E-state index is 0.144. The summed E-state index contributed by atoms with van der Waals surface area (Å²) < 4.78 is 41.1. The minimum atomic E-state index is -4.47. The van der Waals surface area contributed by atoms with E-state index in [2.05, 4.69) is 35.1 Å². The lowest BCUT2D eigenvalue weighted by Crippen LogP contribution is -2.46. The highest BCUT2D eigenvalue weighted by Gasteiger charge is 2.39. The first-order chi connectivity index (χ1) is 14.4. The second-order valence-corrected chi connectivity index (χ2v) is 7.82. The molecule has 4 heterocycles. The van der Waals surface area contributed by atoms with Gasteiger partial charge in [0.05, 0.1) is 0 Å². The third-order valence-corrected chi connectivity index (χ3v) is 5.73. The molecule has 1 aliphatic carbocycles. The Morgan fingerprint density at radius 1 is 1.00 bits per heavy atom. The van der Waals surface area contributed by atoms with Crippen LogP contribution in [0.5, 0.6) is 0 Å². The van der Waals surface area contributed by atoms with Crippen LogP contribution in [0.2, 0.25) is 0 Å². The van der Waals surface area contributed by atoms with Crippen LogP contribution >= 0.6 is 0 Å². The number of halogens is 3. The van der Waals surface area contributed by atoms with Crippen LogP contribution in [0.3, 0.4) is 0 Å². The molecule has 0 radical (unpaired) electrons. The number of piperidine rings is 1. The van der Waals surface area contributed by atoms with Crippen LogP contribution < -0.4 is 9.80 Å². The second-order valence-electron chi connectivity index (χ2n) is 7.82. The van der Waals surface area contributed by atoms with Gasteiger partial charge in [-0.3, -0.25) is 0 Å². The molecule has 11 heteroatoms. The van der Waals surface area contributed by atoms with Crippen molar-refractivity contribution in [1.82, 2.24) is 29.8 Å². The number of hydrogen-bond donors (Lipinski definition) is 0. The Bertz CT molecular complexity index is 1050. The van der Waals surface area contributed by atoms with Gasteiger partial charge in [0.25, 0.3) is 0 Å². The Morgan fingerprint density at radius 2 is 1.73 bits per heavy atom. The van der Waals surface area contributed by atoms with E-state index in [0.29, 0.717) is 11.5 Å². The Morgan fingerprint density at radius 3 is 2.43 bits per heavy atom. The zero-order valence-electron chi connectivity index (χ0n) is 16.4. The van der Waals surface area contributed by atoms with Gasteiger partial charge in [-0.2, -0.15) is 17.7 Å². The van der Waals surface area contributed by atoms with E-state index < -0.39 is 11.9 Å². The molecule has 1 saturated heterocycles. The van der Waals surface area contributed by atoms with Crippen molar-refractivity contribution in [2.24, 2.45) is 0 Å². The van der Waals surface area contributed by atoms with Gasteiger partial charge in [-0.25, -0.2) is 9.97 Å². The average molecular weight is 418 g/mol. The standard InChI is InChI=1S/C19H21F3N8/c1-12-25-26-16-4-5-17(27-30(12)16)28-8-6-14(7-9-28)29(13-2-3-13)18-10-15(19(20,21)22)23-11-24-18/h4-5,10-11,13-14H,2-3,6-9H2,1H3. The summed E-state index contributed by atoms with van der Waals surface area (Å²) in [7, 11) is 0. The van der Waals surface area contributed by atoms with Gasteiger partial charge in [-0.1, -0.05) is 0 Å². The van der Waals surface area contributed by atoms with Crippen molar-refractivity contribution in [1.29, 1.82) is 0 Å². The molecule has 1 saturated carbocycles. The first-order valence-electron chi connectivity index (χ1n) is 10.0. The third-order valence-electron chi connectivity index (χ3n) is 5.73. The normalized spacial score (nSPS) is 18.2. The predicted octanol–water partition coefficient (Wildman–Crippen LogP) is 2.88. The van der Waals surface area contributed by atoms with E-state index in [1.54, 1.807) is 4.52 Å². The summed E-state index contributed by atoms with van der Waals surface area (Å²) in [6, 6.07) is 5.30. The van der Waals surface area contributed by atoms with Crippen molar-refractivity contribution >= 4 is 17.3 Å². The summed E-state index contributed by atoms with van der Waals surface area (Å²) in [5.74, 6) is 1.95. The van der Waals surface area contributed by atoms with Crippen LogP contribution in [-0.4, -0.2) is 55.0 Å². The molecule has 0 unspecified atom stereocenters. The van der Waals surface area contributed by atoms with Crippen molar-refractivity contribution in [3.8, 4) is 0 Å². The van der Waals surface area contributed by atoms with Gasteiger partial charge in [0, 0.05) is 31.2 Å². The van der Waals surface area contributed by atoms with Crippen molar-refractivity contribution in [3.05, 3.63) is 36.0 Å². The predicted molar refractivity (Wildman–Crippen MR) is 103 cm³/mol. The first kappa shape index (κ1) is 19.0. The maximum atomic E-state index is 13.1. The Hall–Kier alpha value is -2.98. The van der Waals surface area contributed by atoms with E-state index >= 15 is 0 Å². The zero-order valence-corrected chi connectivity index (χ0v) is 16.4. The molecule has 0 N–H and O–H groups in total. The van der Waals surface area contributed by atoms with E-state index in [9.17, 15) is 13.2 Å². The summed E-state index contributed by atoms with van der Waals surface area (Å²) in [6.45, 7) is 3.39. The van der Waals surface area contributed by atoms with Crippen LogP contribution in [0.15, 0.2) is 24.5 Å². The topological polar surface area (TPSA) is 75.3 Å². The molecule has 0 spiro atoms. The van der Waals surface area contributed by atoms with Gasteiger partial charge in [-0.05, 0) is 44.7 Å². The number of anilines is 2. The summed E-state index contributed by atoms with van der Waals surface area (Å²) in [6.07, 6.45) is 0.156. The van der Waals surface area contributed by atoms with E-state index in [4.69, 9.17) is 0 Å². The number of aryl methyl sites for hydroxylation is 1.